The Bertz CT molecular complexity index is 1240. The molecule has 0 aliphatic rings. The summed E-state index contributed by atoms with van der Waals surface area (Å²) in [4.78, 5) is 24.8. The second-order valence-corrected chi connectivity index (χ2v) is 6.73. The lowest BCUT2D eigenvalue weighted by atomic mass is 10.1. The number of hydrogen-bond donors (Lipinski definition) is 1. The Morgan fingerprint density at radius 3 is 2.69 bits per heavy atom. The van der Waals surface area contributed by atoms with Crippen molar-refractivity contribution in [1.82, 2.24) is 29.3 Å². The fraction of sp³-hybridized carbons (Fsp3) is 0.200. The van der Waals surface area contributed by atoms with E-state index in [1.165, 1.54) is 16.5 Å². The van der Waals surface area contributed by atoms with Crippen LogP contribution in [-0.4, -0.2) is 29.9 Å². The van der Waals surface area contributed by atoms with Gasteiger partial charge in [-0.05, 0) is 50.2 Å². The van der Waals surface area contributed by atoms with Gasteiger partial charge in [0.25, 0.3) is 0 Å². The molecule has 9 heteroatoms. The maximum absolute atomic E-state index is 13.1. The molecule has 1 atom stereocenters. The summed E-state index contributed by atoms with van der Waals surface area (Å²) >= 11 is 0. The molecule has 1 unspecified atom stereocenters. The number of carbonyl (C=O) groups is 1. The Hall–Kier alpha value is -3.75. The molecule has 0 fully saturated rings. The molecule has 0 aliphatic heterocycles. The molecular weight excluding hydrogens is 375 g/mol. The predicted octanol–water partition coefficient (Wildman–Crippen LogP) is 2.01. The van der Waals surface area contributed by atoms with E-state index in [4.69, 9.17) is 0 Å². The minimum atomic E-state index is -0.372. The first-order valence-electron chi connectivity index (χ1n) is 9.08. The number of nitrogens with one attached hydrogen (secondary N) is 1. The third-order valence-corrected chi connectivity index (χ3v) is 4.74. The molecule has 0 bridgehead atoms. The Kier molecular flexibility index (Phi) is 4.71. The molecule has 4 rings (SSSR count). The lowest BCUT2D eigenvalue weighted by Gasteiger charge is -2.14. The van der Waals surface area contributed by atoms with Crippen molar-refractivity contribution in [3.63, 3.8) is 0 Å². The zero-order chi connectivity index (χ0) is 20.5. The molecule has 0 saturated carbocycles. The summed E-state index contributed by atoms with van der Waals surface area (Å²) in [7, 11) is 0. The monoisotopic (exact) mass is 394 g/mol. The number of amides is 1. The highest BCUT2D eigenvalue weighted by molar-refractivity contribution is 5.76. The Morgan fingerprint density at radius 2 is 1.97 bits per heavy atom. The molecule has 0 spiro atoms. The van der Waals surface area contributed by atoms with Crippen LogP contribution < -0.4 is 11.0 Å². The lowest BCUT2D eigenvalue weighted by Crippen LogP contribution is -2.34. The Morgan fingerprint density at radius 1 is 1.21 bits per heavy atom. The van der Waals surface area contributed by atoms with Crippen molar-refractivity contribution in [1.29, 1.82) is 0 Å². The molecule has 3 heterocycles. The van der Waals surface area contributed by atoms with Crippen LogP contribution in [0.3, 0.4) is 0 Å². The minimum Gasteiger partial charge on any atom is -0.348 e. The van der Waals surface area contributed by atoms with Crippen LogP contribution in [0.4, 0.5) is 4.39 Å². The Labute approximate surface area is 165 Å². The topological polar surface area (TPSA) is 86.2 Å². The fourth-order valence-corrected chi connectivity index (χ4v) is 3.26. The van der Waals surface area contributed by atoms with Crippen LogP contribution in [0.2, 0.25) is 0 Å². The van der Waals surface area contributed by atoms with Gasteiger partial charge in [0.05, 0.1) is 17.9 Å². The fourth-order valence-electron chi connectivity index (χ4n) is 3.26. The van der Waals surface area contributed by atoms with Crippen LogP contribution in [-0.2, 0) is 11.3 Å². The van der Waals surface area contributed by atoms with E-state index in [2.05, 4.69) is 15.5 Å². The summed E-state index contributed by atoms with van der Waals surface area (Å²) < 4.78 is 17.3. The van der Waals surface area contributed by atoms with Crippen molar-refractivity contribution in [2.75, 3.05) is 0 Å². The van der Waals surface area contributed by atoms with E-state index < -0.39 is 0 Å². The summed E-state index contributed by atoms with van der Waals surface area (Å²) in [6, 6.07) is 10.9. The Balaban J connectivity index is 1.49. The number of nitrogens with zero attached hydrogens (tertiary/aromatic N) is 5. The van der Waals surface area contributed by atoms with Crippen LogP contribution in [0, 0.1) is 12.7 Å². The van der Waals surface area contributed by atoms with Gasteiger partial charge in [-0.15, -0.1) is 5.10 Å². The highest BCUT2D eigenvalue weighted by Gasteiger charge is 2.18. The molecule has 4 aromatic rings. The van der Waals surface area contributed by atoms with E-state index >= 15 is 0 Å². The molecule has 8 nitrogen and oxygen atoms in total. The van der Waals surface area contributed by atoms with Gasteiger partial charge in [0.1, 0.15) is 12.4 Å². The van der Waals surface area contributed by atoms with Gasteiger partial charge < -0.3 is 5.32 Å². The molecule has 0 saturated heterocycles. The molecule has 0 aliphatic carbocycles. The third kappa shape index (κ3) is 3.54. The average molecular weight is 394 g/mol. The first-order valence-corrected chi connectivity index (χ1v) is 9.08. The van der Waals surface area contributed by atoms with E-state index in [-0.39, 0.29) is 30.0 Å². The number of halogens is 1. The SMILES string of the molecule is Cc1c(C(C)NC(=O)Cn2nc3ccccn3c2=O)cnn1-c1ccc(F)cc1. The van der Waals surface area contributed by atoms with Crippen molar-refractivity contribution < 1.29 is 9.18 Å². The van der Waals surface area contributed by atoms with Crippen LogP contribution in [0.15, 0.2) is 59.7 Å². The standard InChI is InChI=1S/C20H19FN6O2/c1-13(17-11-22-27(14(17)2)16-8-6-15(21)7-9-16)23-19(28)12-26-20(29)25-10-4-3-5-18(25)24-26/h3-11,13H,12H2,1-2H3,(H,23,28). The number of hydrogen-bond acceptors (Lipinski definition) is 4. The van der Waals surface area contributed by atoms with Gasteiger partial charge >= 0.3 is 5.69 Å². The zero-order valence-electron chi connectivity index (χ0n) is 15.9. The van der Waals surface area contributed by atoms with E-state index in [1.54, 1.807) is 47.4 Å². The van der Waals surface area contributed by atoms with Gasteiger partial charge in [0, 0.05) is 17.5 Å². The maximum Gasteiger partial charge on any atom is 0.350 e. The predicted molar refractivity (Wildman–Crippen MR) is 104 cm³/mol. The number of benzene rings is 1. The quantitative estimate of drug-likeness (QED) is 0.561. The van der Waals surface area contributed by atoms with E-state index in [9.17, 15) is 14.0 Å². The molecule has 1 aromatic carbocycles. The summed E-state index contributed by atoms with van der Waals surface area (Å²) in [6.07, 6.45) is 3.27. The van der Waals surface area contributed by atoms with Crippen molar-refractivity contribution in [2.45, 2.75) is 26.4 Å². The van der Waals surface area contributed by atoms with Gasteiger partial charge in [0.15, 0.2) is 5.65 Å². The molecule has 29 heavy (non-hydrogen) atoms. The minimum absolute atomic E-state index is 0.185. The van der Waals surface area contributed by atoms with Crippen molar-refractivity contribution >= 4 is 11.6 Å². The number of fused-ring (bicyclic) bond motifs is 1. The molecule has 1 N–H and O–H groups in total. The smallest absolute Gasteiger partial charge is 0.348 e. The molecule has 1 amide bonds. The van der Waals surface area contributed by atoms with E-state index in [0.29, 0.717) is 5.65 Å². The van der Waals surface area contributed by atoms with Crippen LogP contribution in [0.5, 0.6) is 0 Å². The highest BCUT2D eigenvalue weighted by Crippen LogP contribution is 2.20. The third-order valence-electron chi connectivity index (χ3n) is 4.74. The van der Waals surface area contributed by atoms with E-state index in [1.807, 2.05) is 13.8 Å². The summed E-state index contributed by atoms with van der Waals surface area (Å²) in [5.74, 6) is -0.654. The number of aromatic nitrogens is 5. The van der Waals surface area contributed by atoms with Gasteiger partial charge in [-0.2, -0.15) is 5.10 Å². The van der Waals surface area contributed by atoms with Gasteiger partial charge in [-0.1, -0.05) is 6.07 Å². The van der Waals surface area contributed by atoms with Gasteiger partial charge in [-0.3, -0.25) is 9.20 Å². The summed E-state index contributed by atoms with van der Waals surface area (Å²) in [5.41, 5.74) is 2.49. The second kappa shape index (κ2) is 7.34. The number of carbonyl (C=O) groups excluding carboxylic acids is 1. The number of rotatable bonds is 5. The molecule has 148 valence electrons. The van der Waals surface area contributed by atoms with Gasteiger partial charge in [-0.25, -0.2) is 18.5 Å². The van der Waals surface area contributed by atoms with Crippen molar-refractivity contribution in [2.24, 2.45) is 0 Å². The number of pyridine rings is 1. The van der Waals surface area contributed by atoms with Gasteiger partial charge in [0.2, 0.25) is 5.91 Å². The summed E-state index contributed by atoms with van der Waals surface area (Å²) in [5, 5.41) is 11.4. The summed E-state index contributed by atoms with van der Waals surface area (Å²) in [6.45, 7) is 3.53. The normalized spacial score (nSPS) is 12.2. The van der Waals surface area contributed by atoms with Crippen molar-refractivity contribution in [3.8, 4) is 5.69 Å². The van der Waals surface area contributed by atoms with Crippen LogP contribution in [0.1, 0.15) is 24.2 Å². The average Bonchev–Trinajstić information content (AvgIpc) is 3.23. The molecular formula is C20H19FN6O2. The zero-order valence-corrected chi connectivity index (χ0v) is 15.9. The highest BCUT2D eigenvalue weighted by atomic mass is 19.1. The van der Waals surface area contributed by atoms with Crippen molar-refractivity contribution in [3.05, 3.63) is 82.4 Å². The molecule has 3 aromatic heterocycles. The first kappa shape index (κ1) is 18.6. The maximum atomic E-state index is 13.1. The molecule has 0 radical (unpaired) electrons. The first-order chi connectivity index (χ1) is 13.9. The van der Waals surface area contributed by atoms with E-state index in [0.717, 1.165) is 21.6 Å². The lowest BCUT2D eigenvalue weighted by molar-refractivity contribution is -0.122. The largest absolute Gasteiger partial charge is 0.350 e. The van der Waals surface area contributed by atoms with Crippen LogP contribution in [0.25, 0.3) is 11.3 Å². The second-order valence-electron chi connectivity index (χ2n) is 6.73. The van der Waals surface area contributed by atoms with Crippen LogP contribution >= 0.6 is 0 Å².